The Labute approximate surface area is 71.9 Å². The zero-order valence-electron chi connectivity index (χ0n) is 5.28. The summed E-state index contributed by atoms with van der Waals surface area (Å²) in [6.07, 6.45) is 0. The van der Waals surface area contributed by atoms with Crippen LogP contribution < -0.4 is 5.32 Å². The van der Waals surface area contributed by atoms with Gasteiger partial charge in [-0.05, 0) is 27.6 Å². The second-order valence-electron chi connectivity index (χ2n) is 2.24. The Morgan fingerprint density at radius 2 is 2.50 bits per heavy atom. The second kappa shape index (κ2) is 2.10. The van der Waals surface area contributed by atoms with Gasteiger partial charge in [0, 0.05) is 12.2 Å². The highest BCUT2D eigenvalue weighted by molar-refractivity contribution is 9.11. The molecule has 0 aliphatic carbocycles. The van der Waals surface area contributed by atoms with E-state index >= 15 is 0 Å². The molecule has 0 spiro atoms. The van der Waals surface area contributed by atoms with Gasteiger partial charge >= 0.3 is 0 Å². The van der Waals surface area contributed by atoms with Crippen LogP contribution in [0.3, 0.4) is 0 Å². The Hall–Kier alpha value is -0.280. The lowest BCUT2D eigenvalue weighted by Gasteiger charge is -1.92. The van der Waals surface area contributed by atoms with Gasteiger partial charge in [-0.3, -0.25) is 0 Å². The molecule has 1 aromatic rings. The molecule has 0 radical (unpaired) electrons. The number of fused-ring (bicyclic) bond motifs is 1. The minimum absolute atomic E-state index is 0.941. The fraction of sp³-hybridized carbons (Fsp3) is 0.143. The van der Waals surface area contributed by atoms with E-state index in [0.29, 0.717) is 0 Å². The van der Waals surface area contributed by atoms with E-state index in [1.54, 1.807) is 11.3 Å². The van der Waals surface area contributed by atoms with Crippen molar-refractivity contribution in [2.45, 2.75) is 6.54 Å². The summed E-state index contributed by atoms with van der Waals surface area (Å²) >= 11 is 5.17. The van der Waals surface area contributed by atoms with Gasteiger partial charge in [-0.2, -0.15) is 0 Å². The van der Waals surface area contributed by atoms with Crippen molar-refractivity contribution in [3.63, 3.8) is 0 Å². The molecular weight excluding hydrogens is 210 g/mol. The minimum atomic E-state index is 0.941. The van der Waals surface area contributed by atoms with Crippen LogP contribution in [0.4, 0.5) is 0 Å². The van der Waals surface area contributed by atoms with E-state index in [-0.39, 0.29) is 0 Å². The standard InChI is InChI=1S/C7H6BrNS/c1-4-7-5(3-9-4)2-6(8)10-7/h2,9H,1,3H2. The molecule has 1 N–H and O–H groups in total. The van der Waals surface area contributed by atoms with Gasteiger partial charge in [0.15, 0.2) is 0 Å². The Morgan fingerprint density at radius 3 is 3.20 bits per heavy atom. The van der Waals surface area contributed by atoms with Crippen molar-refractivity contribution in [3.8, 4) is 0 Å². The zero-order valence-corrected chi connectivity index (χ0v) is 7.68. The lowest BCUT2D eigenvalue weighted by atomic mass is 10.3. The fourth-order valence-corrected chi connectivity index (χ4v) is 2.68. The highest BCUT2D eigenvalue weighted by Crippen LogP contribution is 2.34. The van der Waals surface area contributed by atoms with Crippen LogP contribution in [-0.2, 0) is 6.54 Å². The number of halogens is 1. The van der Waals surface area contributed by atoms with Gasteiger partial charge in [0.05, 0.1) is 8.66 Å². The van der Waals surface area contributed by atoms with Crippen molar-refractivity contribution in [3.05, 3.63) is 26.9 Å². The molecule has 0 aromatic carbocycles. The number of thiophene rings is 1. The average Bonchev–Trinajstić information content (AvgIpc) is 2.35. The maximum atomic E-state index is 3.89. The maximum Gasteiger partial charge on any atom is 0.0709 e. The summed E-state index contributed by atoms with van der Waals surface area (Å²) in [5.74, 6) is 0. The van der Waals surface area contributed by atoms with Crippen molar-refractivity contribution >= 4 is 33.0 Å². The van der Waals surface area contributed by atoms with Crippen LogP contribution >= 0.6 is 27.3 Å². The molecule has 1 aliphatic heterocycles. The molecular formula is C7H6BrNS. The van der Waals surface area contributed by atoms with Gasteiger partial charge in [-0.25, -0.2) is 0 Å². The minimum Gasteiger partial charge on any atom is -0.380 e. The molecule has 10 heavy (non-hydrogen) atoms. The Kier molecular flexibility index (Phi) is 1.35. The predicted octanol–water partition coefficient (Wildman–Crippen LogP) is 2.58. The quantitative estimate of drug-likeness (QED) is 0.702. The molecule has 0 saturated heterocycles. The van der Waals surface area contributed by atoms with E-state index in [4.69, 9.17) is 0 Å². The smallest absolute Gasteiger partial charge is 0.0709 e. The first-order valence-electron chi connectivity index (χ1n) is 2.99. The average molecular weight is 216 g/mol. The van der Waals surface area contributed by atoms with Gasteiger partial charge in [0.25, 0.3) is 0 Å². The van der Waals surface area contributed by atoms with Crippen molar-refractivity contribution in [2.75, 3.05) is 0 Å². The summed E-state index contributed by atoms with van der Waals surface area (Å²) in [6, 6.07) is 2.14. The van der Waals surface area contributed by atoms with Crippen LogP contribution in [0.15, 0.2) is 16.4 Å². The van der Waals surface area contributed by atoms with Crippen molar-refractivity contribution < 1.29 is 0 Å². The second-order valence-corrected chi connectivity index (χ2v) is 4.67. The highest BCUT2D eigenvalue weighted by atomic mass is 79.9. The largest absolute Gasteiger partial charge is 0.380 e. The lowest BCUT2D eigenvalue weighted by Crippen LogP contribution is -1.98. The van der Waals surface area contributed by atoms with Crippen LogP contribution in [0.5, 0.6) is 0 Å². The third-order valence-corrected chi connectivity index (χ3v) is 3.29. The van der Waals surface area contributed by atoms with Gasteiger partial charge in [-0.1, -0.05) is 6.58 Å². The van der Waals surface area contributed by atoms with E-state index in [1.807, 2.05) is 0 Å². The van der Waals surface area contributed by atoms with Crippen LogP contribution in [0.1, 0.15) is 10.4 Å². The first kappa shape index (κ1) is 6.43. The lowest BCUT2D eigenvalue weighted by molar-refractivity contribution is 0.946. The Balaban J connectivity index is 2.59. The van der Waals surface area contributed by atoms with Gasteiger partial charge in [0.1, 0.15) is 0 Å². The third-order valence-electron chi connectivity index (χ3n) is 1.55. The molecule has 2 rings (SSSR count). The molecule has 1 nitrogen and oxygen atoms in total. The topological polar surface area (TPSA) is 12.0 Å². The normalized spacial score (nSPS) is 15.1. The molecule has 0 fully saturated rings. The summed E-state index contributed by atoms with van der Waals surface area (Å²) in [7, 11) is 0. The first-order valence-corrected chi connectivity index (χ1v) is 4.59. The highest BCUT2D eigenvalue weighted by Gasteiger charge is 2.16. The number of rotatable bonds is 0. The summed E-state index contributed by atoms with van der Waals surface area (Å²) in [5.41, 5.74) is 2.42. The molecule has 0 unspecified atom stereocenters. The summed E-state index contributed by atoms with van der Waals surface area (Å²) in [6.45, 7) is 4.83. The fourth-order valence-electron chi connectivity index (χ4n) is 1.06. The first-order chi connectivity index (χ1) is 4.77. The summed E-state index contributed by atoms with van der Waals surface area (Å²) < 4.78 is 1.19. The molecule has 0 atom stereocenters. The molecule has 3 heteroatoms. The van der Waals surface area contributed by atoms with Crippen LogP contribution in [0.2, 0.25) is 0 Å². The number of hydrogen-bond donors (Lipinski definition) is 1. The summed E-state index contributed by atoms with van der Waals surface area (Å²) in [5, 5.41) is 3.19. The number of nitrogens with one attached hydrogen (secondary N) is 1. The van der Waals surface area contributed by atoms with E-state index in [9.17, 15) is 0 Å². The van der Waals surface area contributed by atoms with Gasteiger partial charge in [-0.15, -0.1) is 11.3 Å². The maximum absolute atomic E-state index is 3.89. The van der Waals surface area contributed by atoms with E-state index in [2.05, 4.69) is 33.9 Å². The predicted molar refractivity (Wildman–Crippen MR) is 47.9 cm³/mol. The molecule has 0 saturated carbocycles. The van der Waals surface area contributed by atoms with Gasteiger partial charge in [0.2, 0.25) is 0 Å². The van der Waals surface area contributed by atoms with Crippen molar-refractivity contribution in [2.24, 2.45) is 0 Å². The van der Waals surface area contributed by atoms with Crippen LogP contribution in [-0.4, -0.2) is 0 Å². The zero-order chi connectivity index (χ0) is 7.14. The van der Waals surface area contributed by atoms with Gasteiger partial charge < -0.3 is 5.32 Å². The van der Waals surface area contributed by atoms with Crippen molar-refractivity contribution in [1.82, 2.24) is 5.32 Å². The molecule has 52 valence electrons. The monoisotopic (exact) mass is 215 g/mol. The van der Waals surface area contributed by atoms with E-state index in [0.717, 1.165) is 12.2 Å². The molecule has 2 heterocycles. The molecule has 0 amide bonds. The van der Waals surface area contributed by atoms with Crippen molar-refractivity contribution in [1.29, 1.82) is 0 Å². The van der Waals surface area contributed by atoms with E-state index in [1.165, 1.54) is 14.2 Å². The number of hydrogen-bond acceptors (Lipinski definition) is 2. The van der Waals surface area contributed by atoms with Crippen LogP contribution in [0.25, 0.3) is 5.70 Å². The summed E-state index contributed by atoms with van der Waals surface area (Å²) in [4.78, 5) is 1.30. The molecule has 0 bridgehead atoms. The van der Waals surface area contributed by atoms with E-state index < -0.39 is 0 Å². The third kappa shape index (κ3) is 0.812. The molecule has 1 aromatic heterocycles. The Bertz CT molecular complexity index is 290. The molecule has 1 aliphatic rings. The Morgan fingerprint density at radius 1 is 1.70 bits per heavy atom. The van der Waals surface area contributed by atoms with Crippen LogP contribution in [0, 0.1) is 0 Å². The SMILES string of the molecule is C=C1NCc2cc(Br)sc21.